The van der Waals surface area contributed by atoms with E-state index in [4.69, 9.17) is 9.47 Å². The Balaban J connectivity index is 1.75. The van der Waals surface area contributed by atoms with Gasteiger partial charge in [0, 0.05) is 19.1 Å². The first-order valence-electron chi connectivity index (χ1n) is 8.37. The lowest BCUT2D eigenvalue weighted by Gasteiger charge is -2.33. The number of hydrogen-bond acceptors (Lipinski definition) is 4. The zero-order valence-electron chi connectivity index (χ0n) is 14.3. The molecule has 0 aliphatic carbocycles. The van der Waals surface area contributed by atoms with Gasteiger partial charge in [-0.25, -0.2) is 4.79 Å². The van der Waals surface area contributed by atoms with Gasteiger partial charge in [0.15, 0.2) is 0 Å². The van der Waals surface area contributed by atoms with E-state index in [-0.39, 0.29) is 12.2 Å². The molecule has 0 radical (unpaired) electrons. The number of carbonyl (C=O) groups excluding carboxylic acids is 1. The van der Waals surface area contributed by atoms with Gasteiger partial charge in [-0.3, -0.25) is 0 Å². The minimum atomic E-state index is -0.265. The zero-order valence-corrected chi connectivity index (χ0v) is 14.3. The molecular formula is C18H28N2O3. The van der Waals surface area contributed by atoms with Crippen LogP contribution in [0.2, 0.25) is 0 Å². The second-order valence-electron chi connectivity index (χ2n) is 6.42. The zero-order chi connectivity index (χ0) is 16.7. The third kappa shape index (κ3) is 5.84. The van der Waals surface area contributed by atoms with Crippen molar-refractivity contribution in [2.45, 2.75) is 39.5 Å². The summed E-state index contributed by atoms with van der Waals surface area (Å²) in [6.07, 6.45) is -0.242. The molecule has 1 heterocycles. The van der Waals surface area contributed by atoms with Crippen molar-refractivity contribution < 1.29 is 14.3 Å². The number of hydrogen-bond donors (Lipinski definition) is 1. The first-order chi connectivity index (χ1) is 11.1. The van der Waals surface area contributed by atoms with Crippen LogP contribution in [0.25, 0.3) is 0 Å². The molecule has 1 N–H and O–H groups in total. The molecular weight excluding hydrogens is 292 g/mol. The molecule has 1 amide bonds. The van der Waals surface area contributed by atoms with Gasteiger partial charge < -0.3 is 19.7 Å². The van der Waals surface area contributed by atoms with Gasteiger partial charge >= 0.3 is 6.09 Å². The van der Waals surface area contributed by atoms with Gasteiger partial charge in [-0.15, -0.1) is 0 Å². The number of nitrogens with zero attached hydrogens (tertiary/aromatic N) is 1. The van der Waals surface area contributed by atoms with Gasteiger partial charge in [-0.05, 0) is 18.4 Å². The van der Waals surface area contributed by atoms with E-state index >= 15 is 0 Å². The third-order valence-electron chi connectivity index (χ3n) is 4.27. The maximum atomic E-state index is 12.2. The van der Waals surface area contributed by atoms with E-state index in [2.05, 4.69) is 26.1 Å². The highest BCUT2D eigenvalue weighted by atomic mass is 16.6. The van der Waals surface area contributed by atoms with Crippen molar-refractivity contribution in [2.24, 2.45) is 5.92 Å². The highest BCUT2D eigenvalue weighted by Gasteiger charge is 2.25. The molecule has 2 atom stereocenters. The molecule has 1 aromatic rings. The lowest BCUT2D eigenvalue weighted by Crippen LogP contribution is -2.50. The predicted molar refractivity (Wildman–Crippen MR) is 90.2 cm³/mol. The van der Waals surface area contributed by atoms with E-state index in [1.165, 1.54) is 0 Å². The number of rotatable bonds is 6. The Labute approximate surface area is 139 Å². The fraction of sp³-hybridized carbons (Fsp3) is 0.611. The largest absolute Gasteiger partial charge is 0.445 e. The fourth-order valence-electron chi connectivity index (χ4n) is 2.37. The van der Waals surface area contributed by atoms with Crippen LogP contribution in [-0.4, -0.2) is 49.4 Å². The van der Waals surface area contributed by atoms with Gasteiger partial charge in [0.2, 0.25) is 0 Å². The molecule has 0 saturated carbocycles. The summed E-state index contributed by atoms with van der Waals surface area (Å²) in [6.45, 7) is 9.32. The molecule has 128 valence electrons. The van der Waals surface area contributed by atoms with Crippen LogP contribution in [0.4, 0.5) is 4.79 Å². The number of benzene rings is 1. The summed E-state index contributed by atoms with van der Waals surface area (Å²) in [4.78, 5) is 13.9. The Bertz CT molecular complexity index is 478. The van der Waals surface area contributed by atoms with Gasteiger partial charge in [0.05, 0.1) is 19.3 Å². The minimum Gasteiger partial charge on any atom is -0.445 e. The first kappa shape index (κ1) is 17.8. The Morgan fingerprint density at radius 1 is 1.35 bits per heavy atom. The lowest BCUT2D eigenvalue weighted by atomic mass is 10.1. The molecule has 5 heteroatoms. The summed E-state index contributed by atoms with van der Waals surface area (Å²) < 4.78 is 11.1. The Kier molecular flexibility index (Phi) is 6.86. The summed E-state index contributed by atoms with van der Waals surface area (Å²) in [5, 5.41) is 3.47. The Morgan fingerprint density at radius 2 is 2.09 bits per heavy atom. The lowest BCUT2D eigenvalue weighted by molar-refractivity contribution is -0.0282. The van der Waals surface area contributed by atoms with E-state index in [1.54, 1.807) is 4.90 Å². The van der Waals surface area contributed by atoms with Gasteiger partial charge in [-0.2, -0.15) is 0 Å². The molecule has 0 bridgehead atoms. The molecule has 0 aromatic heterocycles. The van der Waals surface area contributed by atoms with E-state index < -0.39 is 0 Å². The normalized spacial score (nSPS) is 19.7. The van der Waals surface area contributed by atoms with Crippen LogP contribution < -0.4 is 5.32 Å². The third-order valence-corrected chi connectivity index (χ3v) is 4.27. The van der Waals surface area contributed by atoms with Crippen LogP contribution in [0.1, 0.15) is 26.3 Å². The monoisotopic (exact) mass is 320 g/mol. The van der Waals surface area contributed by atoms with Crippen LogP contribution in [0.5, 0.6) is 0 Å². The van der Waals surface area contributed by atoms with Crippen LogP contribution in [-0.2, 0) is 16.1 Å². The van der Waals surface area contributed by atoms with Crippen LogP contribution in [0.3, 0.4) is 0 Å². The van der Waals surface area contributed by atoms with Crippen LogP contribution >= 0.6 is 0 Å². The van der Waals surface area contributed by atoms with E-state index in [0.717, 1.165) is 12.1 Å². The Hall–Kier alpha value is -1.59. The molecule has 23 heavy (non-hydrogen) atoms. The second kappa shape index (κ2) is 8.89. The molecule has 1 aromatic carbocycles. The van der Waals surface area contributed by atoms with Crippen molar-refractivity contribution in [1.29, 1.82) is 0 Å². The standard InChI is InChI=1S/C18H28N2O3/c1-14(2)15(3)19-11-17-12-20(9-10-22-17)18(21)23-13-16-7-5-4-6-8-16/h4-8,14-15,17,19H,9-13H2,1-3H3. The maximum Gasteiger partial charge on any atom is 0.410 e. The van der Waals surface area contributed by atoms with Gasteiger partial charge in [0.25, 0.3) is 0 Å². The van der Waals surface area contributed by atoms with Crippen molar-refractivity contribution in [1.82, 2.24) is 10.2 Å². The van der Waals surface area contributed by atoms with Crippen molar-refractivity contribution >= 4 is 6.09 Å². The van der Waals surface area contributed by atoms with Crippen LogP contribution in [0, 0.1) is 5.92 Å². The summed E-state index contributed by atoms with van der Waals surface area (Å²) in [5.74, 6) is 0.575. The number of amides is 1. The second-order valence-corrected chi connectivity index (χ2v) is 6.42. The highest BCUT2D eigenvalue weighted by molar-refractivity contribution is 5.67. The van der Waals surface area contributed by atoms with Crippen molar-refractivity contribution in [3.63, 3.8) is 0 Å². The predicted octanol–water partition coefficient (Wildman–Crippen LogP) is 2.66. The molecule has 1 fully saturated rings. The quantitative estimate of drug-likeness (QED) is 0.875. The number of morpholine rings is 1. The van der Waals surface area contributed by atoms with E-state index in [0.29, 0.717) is 38.3 Å². The van der Waals surface area contributed by atoms with Gasteiger partial charge in [0.1, 0.15) is 6.61 Å². The molecule has 0 spiro atoms. The summed E-state index contributed by atoms with van der Waals surface area (Å²) in [7, 11) is 0. The number of carbonyl (C=O) groups is 1. The SMILES string of the molecule is CC(C)C(C)NCC1CN(C(=O)OCc2ccccc2)CCO1. The van der Waals surface area contributed by atoms with Crippen LogP contribution in [0.15, 0.2) is 30.3 Å². The van der Waals surface area contributed by atoms with E-state index in [1.807, 2.05) is 30.3 Å². The number of nitrogens with one attached hydrogen (secondary N) is 1. The molecule has 2 rings (SSSR count). The van der Waals surface area contributed by atoms with E-state index in [9.17, 15) is 4.79 Å². The summed E-state index contributed by atoms with van der Waals surface area (Å²) >= 11 is 0. The highest BCUT2D eigenvalue weighted by Crippen LogP contribution is 2.09. The van der Waals surface area contributed by atoms with Crippen molar-refractivity contribution in [3.05, 3.63) is 35.9 Å². The molecule has 5 nitrogen and oxygen atoms in total. The Morgan fingerprint density at radius 3 is 2.78 bits per heavy atom. The fourth-order valence-corrected chi connectivity index (χ4v) is 2.37. The number of ether oxygens (including phenoxy) is 2. The average molecular weight is 320 g/mol. The molecule has 1 saturated heterocycles. The van der Waals surface area contributed by atoms with Crippen molar-refractivity contribution in [2.75, 3.05) is 26.2 Å². The minimum absolute atomic E-state index is 0.0224. The average Bonchev–Trinajstić information content (AvgIpc) is 2.58. The van der Waals surface area contributed by atoms with Crippen molar-refractivity contribution in [3.8, 4) is 0 Å². The topological polar surface area (TPSA) is 50.8 Å². The van der Waals surface area contributed by atoms with Gasteiger partial charge in [-0.1, -0.05) is 44.2 Å². The summed E-state index contributed by atoms with van der Waals surface area (Å²) in [6, 6.07) is 10.2. The first-order valence-corrected chi connectivity index (χ1v) is 8.37. The smallest absolute Gasteiger partial charge is 0.410 e. The maximum absolute atomic E-state index is 12.2. The molecule has 1 aliphatic rings. The summed E-state index contributed by atoms with van der Waals surface area (Å²) in [5.41, 5.74) is 0.998. The molecule has 2 unspecified atom stereocenters. The molecule has 1 aliphatic heterocycles.